The van der Waals surface area contributed by atoms with Crippen LogP contribution in [-0.2, 0) is 4.79 Å². The molecule has 0 fully saturated rings. The first kappa shape index (κ1) is 17.1. The van der Waals surface area contributed by atoms with E-state index in [4.69, 9.17) is 0 Å². The van der Waals surface area contributed by atoms with Crippen LogP contribution >= 0.6 is 0 Å². The zero-order chi connectivity index (χ0) is 14.3. The number of carbonyl (C=O) groups is 1. The van der Waals surface area contributed by atoms with Crippen LogP contribution < -0.4 is 5.32 Å². The third-order valence-corrected chi connectivity index (χ3v) is 2.53. The summed E-state index contributed by atoms with van der Waals surface area (Å²) in [6.07, 6.45) is 9.91. The highest BCUT2D eigenvalue weighted by Crippen LogP contribution is 1.97. The van der Waals surface area contributed by atoms with Crippen molar-refractivity contribution in [3.8, 4) is 23.7 Å². The molecular weight excluding hydrogens is 234 g/mol. The van der Waals surface area contributed by atoms with Gasteiger partial charge >= 0.3 is 0 Å². The number of unbranched alkanes of at least 4 members (excludes halogenated alkanes) is 1. The van der Waals surface area contributed by atoms with Gasteiger partial charge in [-0.05, 0) is 31.1 Å². The van der Waals surface area contributed by atoms with Gasteiger partial charge in [-0.3, -0.25) is 4.79 Å². The van der Waals surface area contributed by atoms with E-state index in [0.717, 1.165) is 25.8 Å². The van der Waals surface area contributed by atoms with E-state index in [9.17, 15) is 4.79 Å². The van der Waals surface area contributed by atoms with Crippen LogP contribution in [0.5, 0.6) is 0 Å². The summed E-state index contributed by atoms with van der Waals surface area (Å²) in [5.74, 6) is 11.6. The second-order valence-corrected chi connectivity index (χ2v) is 4.26. The van der Waals surface area contributed by atoms with Gasteiger partial charge in [0.2, 0.25) is 5.91 Å². The quantitative estimate of drug-likeness (QED) is 0.323. The minimum atomic E-state index is -0.0389. The summed E-state index contributed by atoms with van der Waals surface area (Å²) >= 11 is 0. The summed E-state index contributed by atoms with van der Waals surface area (Å²) < 4.78 is 0. The van der Waals surface area contributed by atoms with Gasteiger partial charge in [0.15, 0.2) is 0 Å². The third-order valence-electron chi connectivity index (χ3n) is 2.53. The zero-order valence-electron chi connectivity index (χ0n) is 12.1. The van der Waals surface area contributed by atoms with Gasteiger partial charge in [0.1, 0.15) is 0 Å². The van der Waals surface area contributed by atoms with Crippen LogP contribution in [0.2, 0.25) is 0 Å². The van der Waals surface area contributed by atoms with Gasteiger partial charge in [0.25, 0.3) is 0 Å². The molecule has 0 radical (unpaired) electrons. The summed E-state index contributed by atoms with van der Waals surface area (Å²) in [6.45, 7) is 6.74. The van der Waals surface area contributed by atoms with Crippen LogP contribution in [0.3, 0.4) is 0 Å². The molecule has 0 aromatic heterocycles. The minimum Gasteiger partial charge on any atom is -0.352 e. The molecule has 0 spiro atoms. The van der Waals surface area contributed by atoms with E-state index in [0.29, 0.717) is 5.92 Å². The van der Waals surface area contributed by atoms with E-state index in [1.54, 1.807) is 19.1 Å². The molecule has 0 aliphatic rings. The fourth-order valence-corrected chi connectivity index (χ4v) is 1.12. The molecule has 1 unspecified atom stereocenters. The van der Waals surface area contributed by atoms with Crippen molar-refractivity contribution >= 4 is 5.91 Å². The summed E-state index contributed by atoms with van der Waals surface area (Å²) in [7, 11) is 0. The van der Waals surface area contributed by atoms with E-state index in [-0.39, 0.29) is 5.91 Å². The highest BCUT2D eigenvalue weighted by atomic mass is 16.1. The van der Waals surface area contributed by atoms with Gasteiger partial charge in [-0.2, -0.15) is 0 Å². The Labute approximate surface area is 117 Å². The fraction of sp³-hybridized carbons (Fsp3) is 0.471. The van der Waals surface area contributed by atoms with Crippen LogP contribution in [0.25, 0.3) is 0 Å². The first-order valence-corrected chi connectivity index (χ1v) is 6.71. The lowest BCUT2D eigenvalue weighted by molar-refractivity contribution is -0.116. The standard InChI is InChI=1S/C17H23NO/c1-4-6-7-8-9-10-11-12-13-14-17(19)18-15-16(3)5-2/h11-14,16H,5,9-10,15H2,1-3H3,(H,18,19)/b12-11-,14-13+. The molecule has 19 heavy (non-hydrogen) atoms. The topological polar surface area (TPSA) is 29.1 Å². The predicted octanol–water partition coefficient (Wildman–Crippen LogP) is 3.07. The summed E-state index contributed by atoms with van der Waals surface area (Å²) in [5.41, 5.74) is 0. The lowest BCUT2D eigenvalue weighted by Crippen LogP contribution is -2.26. The number of carbonyl (C=O) groups excluding carboxylic acids is 1. The number of amides is 1. The molecule has 1 N–H and O–H groups in total. The first-order valence-electron chi connectivity index (χ1n) is 6.71. The van der Waals surface area contributed by atoms with Crippen molar-refractivity contribution in [1.29, 1.82) is 0 Å². The van der Waals surface area contributed by atoms with E-state index in [1.165, 1.54) is 0 Å². The minimum absolute atomic E-state index is 0.0389. The monoisotopic (exact) mass is 257 g/mol. The molecule has 1 atom stereocenters. The van der Waals surface area contributed by atoms with E-state index in [1.807, 2.05) is 12.2 Å². The molecule has 0 heterocycles. The maximum Gasteiger partial charge on any atom is 0.243 e. The molecule has 102 valence electrons. The van der Waals surface area contributed by atoms with Crippen molar-refractivity contribution in [3.05, 3.63) is 24.3 Å². The van der Waals surface area contributed by atoms with E-state index in [2.05, 4.69) is 42.8 Å². The average molecular weight is 257 g/mol. The molecule has 0 aliphatic heterocycles. The normalized spacial score (nSPS) is 11.5. The Morgan fingerprint density at radius 1 is 1.32 bits per heavy atom. The Morgan fingerprint density at radius 2 is 2.11 bits per heavy atom. The maximum absolute atomic E-state index is 11.4. The van der Waals surface area contributed by atoms with Crippen molar-refractivity contribution < 1.29 is 4.79 Å². The van der Waals surface area contributed by atoms with E-state index < -0.39 is 0 Å². The number of hydrogen-bond acceptors (Lipinski definition) is 1. The number of nitrogens with one attached hydrogen (secondary N) is 1. The lowest BCUT2D eigenvalue weighted by atomic mass is 10.1. The van der Waals surface area contributed by atoms with Gasteiger partial charge in [-0.15, -0.1) is 0 Å². The molecule has 2 heteroatoms. The lowest BCUT2D eigenvalue weighted by Gasteiger charge is -2.07. The molecule has 2 nitrogen and oxygen atoms in total. The Bertz CT molecular complexity index is 424. The van der Waals surface area contributed by atoms with Gasteiger partial charge in [-0.25, -0.2) is 0 Å². The zero-order valence-corrected chi connectivity index (χ0v) is 12.1. The number of allylic oxidation sites excluding steroid dienone is 3. The van der Waals surface area contributed by atoms with Crippen LogP contribution in [-0.4, -0.2) is 12.5 Å². The fourth-order valence-electron chi connectivity index (χ4n) is 1.12. The van der Waals surface area contributed by atoms with Crippen LogP contribution in [0.4, 0.5) is 0 Å². The van der Waals surface area contributed by atoms with Gasteiger partial charge in [-0.1, -0.05) is 50.3 Å². The van der Waals surface area contributed by atoms with Gasteiger partial charge in [0, 0.05) is 19.0 Å². The summed E-state index contributed by atoms with van der Waals surface area (Å²) in [5, 5.41) is 2.86. The molecule has 0 aromatic rings. The van der Waals surface area contributed by atoms with Crippen molar-refractivity contribution in [1.82, 2.24) is 5.32 Å². The van der Waals surface area contributed by atoms with Crippen LogP contribution in [0.15, 0.2) is 24.3 Å². The van der Waals surface area contributed by atoms with Crippen LogP contribution in [0, 0.1) is 29.6 Å². The first-order chi connectivity index (χ1) is 9.20. The largest absolute Gasteiger partial charge is 0.352 e. The molecule has 0 saturated carbocycles. The van der Waals surface area contributed by atoms with Crippen LogP contribution in [0.1, 0.15) is 40.0 Å². The Kier molecular flexibility index (Phi) is 11.3. The van der Waals surface area contributed by atoms with Crippen molar-refractivity contribution in [2.24, 2.45) is 5.92 Å². The maximum atomic E-state index is 11.4. The smallest absolute Gasteiger partial charge is 0.243 e. The molecular formula is C17H23NO. The highest BCUT2D eigenvalue weighted by molar-refractivity contribution is 5.87. The highest BCUT2D eigenvalue weighted by Gasteiger charge is 1.99. The van der Waals surface area contributed by atoms with Crippen molar-refractivity contribution in [2.75, 3.05) is 6.54 Å². The Morgan fingerprint density at radius 3 is 2.79 bits per heavy atom. The molecule has 1 amide bonds. The summed E-state index contributed by atoms with van der Waals surface area (Å²) in [6, 6.07) is 0. The predicted molar refractivity (Wildman–Crippen MR) is 81.2 cm³/mol. The van der Waals surface area contributed by atoms with Gasteiger partial charge < -0.3 is 5.32 Å². The van der Waals surface area contributed by atoms with Gasteiger partial charge in [0.05, 0.1) is 0 Å². The second-order valence-electron chi connectivity index (χ2n) is 4.26. The molecule has 0 rings (SSSR count). The Balaban J connectivity index is 3.74. The Hall–Kier alpha value is -1.93. The molecule has 0 aliphatic carbocycles. The van der Waals surface area contributed by atoms with Crippen molar-refractivity contribution in [3.63, 3.8) is 0 Å². The average Bonchev–Trinajstić information content (AvgIpc) is 2.42. The second kappa shape index (κ2) is 12.5. The third kappa shape index (κ3) is 12.3. The van der Waals surface area contributed by atoms with Crippen molar-refractivity contribution in [2.45, 2.75) is 40.0 Å². The molecule has 0 aromatic carbocycles. The molecule has 0 saturated heterocycles. The summed E-state index contributed by atoms with van der Waals surface area (Å²) in [4.78, 5) is 11.4. The molecule has 0 bridgehead atoms. The number of rotatable bonds is 7. The SMILES string of the molecule is CC#CC#CCC/C=C\C=C\C(=O)NCC(C)CC. The van der Waals surface area contributed by atoms with E-state index >= 15 is 0 Å². The number of hydrogen-bond donors (Lipinski definition) is 1.